The number of aryl methyl sites for hydroxylation is 2. The van der Waals surface area contributed by atoms with Gasteiger partial charge in [-0.25, -0.2) is 14.3 Å². The third kappa shape index (κ3) is 2.92. The van der Waals surface area contributed by atoms with Crippen molar-refractivity contribution in [1.82, 2.24) is 18.7 Å². The van der Waals surface area contributed by atoms with Crippen molar-refractivity contribution in [3.8, 4) is 5.69 Å². The molecule has 0 spiro atoms. The summed E-state index contributed by atoms with van der Waals surface area (Å²) in [6, 6.07) is 5.88. The van der Waals surface area contributed by atoms with Crippen LogP contribution in [0, 0.1) is 19.8 Å². The summed E-state index contributed by atoms with van der Waals surface area (Å²) in [6.07, 6.45) is 3.30. The van der Waals surface area contributed by atoms with Crippen molar-refractivity contribution in [3.05, 3.63) is 69.1 Å². The van der Waals surface area contributed by atoms with Crippen LogP contribution in [-0.4, -0.2) is 18.7 Å². The number of imidazole rings is 1. The van der Waals surface area contributed by atoms with Crippen molar-refractivity contribution in [3.63, 3.8) is 0 Å². The van der Waals surface area contributed by atoms with E-state index in [1.54, 1.807) is 21.5 Å². The van der Waals surface area contributed by atoms with E-state index in [0.717, 1.165) is 16.8 Å². The van der Waals surface area contributed by atoms with Crippen LogP contribution in [-0.2, 0) is 13.1 Å². The second kappa shape index (κ2) is 6.78. The fraction of sp³-hybridized carbons (Fsp3) is 0.350. The van der Waals surface area contributed by atoms with Crippen molar-refractivity contribution in [2.75, 3.05) is 0 Å². The van der Waals surface area contributed by atoms with Crippen LogP contribution in [0.3, 0.4) is 0 Å². The molecule has 0 unspecified atom stereocenters. The number of benzene rings is 1. The molecule has 2 heterocycles. The third-order valence-electron chi connectivity index (χ3n) is 4.37. The Morgan fingerprint density at radius 3 is 2.58 bits per heavy atom. The maximum Gasteiger partial charge on any atom is 0.337 e. The average molecular weight is 352 g/mol. The van der Waals surface area contributed by atoms with E-state index in [-0.39, 0.29) is 17.2 Å². The van der Waals surface area contributed by atoms with E-state index < -0.39 is 0 Å². The van der Waals surface area contributed by atoms with Gasteiger partial charge in [0, 0.05) is 13.1 Å². The molecule has 2 aromatic heterocycles. The Labute approximate surface area is 152 Å². The van der Waals surface area contributed by atoms with Crippen LogP contribution in [0.25, 0.3) is 16.9 Å². The molecule has 26 heavy (non-hydrogen) atoms. The quantitative estimate of drug-likeness (QED) is 0.663. The maximum absolute atomic E-state index is 13.2. The molecule has 0 atom stereocenters. The van der Waals surface area contributed by atoms with Crippen LogP contribution in [0.5, 0.6) is 0 Å². The zero-order valence-corrected chi connectivity index (χ0v) is 15.7. The summed E-state index contributed by atoms with van der Waals surface area (Å²) >= 11 is 0. The Morgan fingerprint density at radius 2 is 1.96 bits per heavy atom. The van der Waals surface area contributed by atoms with Gasteiger partial charge in [0.15, 0.2) is 11.2 Å². The predicted octanol–water partition coefficient (Wildman–Crippen LogP) is 2.81. The SMILES string of the molecule is C=CCn1cnc2c1c(=O)n(CC(C)C)c(=O)n2-c1ccc(C)cc1C. The van der Waals surface area contributed by atoms with Crippen LogP contribution in [0.4, 0.5) is 0 Å². The van der Waals surface area contributed by atoms with E-state index >= 15 is 0 Å². The highest BCUT2D eigenvalue weighted by Gasteiger charge is 2.20. The molecule has 3 rings (SSSR count). The van der Waals surface area contributed by atoms with Crippen molar-refractivity contribution >= 4 is 11.2 Å². The molecule has 3 aromatic rings. The van der Waals surface area contributed by atoms with Gasteiger partial charge in [-0.3, -0.25) is 9.36 Å². The van der Waals surface area contributed by atoms with Crippen molar-refractivity contribution in [1.29, 1.82) is 0 Å². The molecular formula is C20H24N4O2. The highest BCUT2D eigenvalue weighted by Crippen LogP contribution is 2.18. The second-order valence-electron chi connectivity index (χ2n) is 7.08. The number of nitrogens with zero attached hydrogens (tertiary/aromatic N) is 4. The summed E-state index contributed by atoms with van der Waals surface area (Å²) in [5.74, 6) is 0.168. The van der Waals surface area contributed by atoms with Crippen LogP contribution in [0.2, 0.25) is 0 Å². The van der Waals surface area contributed by atoms with Gasteiger partial charge in [0.25, 0.3) is 5.56 Å². The van der Waals surface area contributed by atoms with Gasteiger partial charge in [-0.05, 0) is 31.4 Å². The van der Waals surface area contributed by atoms with Gasteiger partial charge in [-0.15, -0.1) is 6.58 Å². The summed E-state index contributed by atoms with van der Waals surface area (Å²) < 4.78 is 4.60. The van der Waals surface area contributed by atoms with Crippen molar-refractivity contribution in [2.24, 2.45) is 5.92 Å². The molecule has 0 fully saturated rings. The van der Waals surface area contributed by atoms with E-state index in [0.29, 0.717) is 24.3 Å². The normalized spacial score (nSPS) is 11.4. The summed E-state index contributed by atoms with van der Waals surface area (Å²) in [4.78, 5) is 30.6. The number of allylic oxidation sites excluding steroid dienone is 1. The van der Waals surface area contributed by atoms with Gasteiger partial charge in [0.2, 0.25) is 0 Å². The Morgan fingerprint density at radius 1 is 1.23 bits per heavy atom. The van der Waals surface area contributed by atoms with E-state index in [4.69, 9.17) is 0 Å². The smallest absolute Gasteiger partial charge is 0.321 e. The van der Waals surface area contributed by atoms with Crippen LogP contribution >= 0.6 is 0 Å². The lowest BCUT2D eigenvalue weighted by atomic mass is 10.1. The monoisotopic (exact) mass is 352 g/mol. The number of fused-ring (bicyclic) bond motifs is 1. The topological polar surface area (TPSA) is 61.8 Å². The standard InChI is InChI=1S/C20H24N4O2/c1-6-9-22-12-21-18-17(22)19(25)23(11-13(2)3)20(26)24(18)16-8-7-14(4)10-15(16)5/h6-8,10,12-13H,1,9,11H2,2-5H3. The third-order valence-corrected chi connectivity index (χ3v) is 4.37. The van der Waals surface area contributed by atoms with Crippen LogP contribution in [0.15, 0.2) is 46.8 Å². The van der Waals surface area contributed by atoms with Gasteiger partial charge < -0.3 is 4.57 Å². The number of rotatable bonds is 5. The molecule has 136 valence electrons. The Kier molecular flexibility index (Phi) is 4.68. The molecule has 0 amide bonds. The van der Waals surface area contributed by atoms with Crippen LogP contribution in [0.1, 0.15) is 25.0 Å². The summed E-state index contributed by atoms with van der Waals surface area (Å²) in [7, 11) is 0. The molecule has 6 heteroatoms. The zero-order chi connectivity index (χ0) is 19.0. The fourth-order valence-corrected chi connectivity index (χ4v) is 3.26. The van der Waals surface area contributed by atoms with Crippen molar-refractivity contribution in [2.45, 2.75) is 40.8 Å². The lowest BCUT2D eigenvalue weighted by Crippen LogP contribution is -2.41. The molecule has 6 nitrogen and oxygen atoms in total. The van der Waals surface area contributed by atoms with E-state index in [1.165, 1.54) is 4.57 Å². The summed E-state index contributed by atoms with van der Waals surface area (Å²) in [5.41, 5.74) is 2.96. The Balaban J connectivity index is 2.46. The maximum atomic E-state index is 13.2. The van der Waals surface area contributed by atoms with E-state index in [1.807, 2.05) is 45.9 Å². The Bertz CT molecular complexity index is 1100. The van der Waals surface area contributed by atoms with E-state index in [9.17, 15) is 9.59 Å². The molecule has 0 N–H and O–H groups in total. The van der Waals surface area contributed by atoms with Gasteiger partial charge >= 0.3 is 5.69 Å². The molecule has 0 radical (unpaired) electrons. The molecule has 0 saturated carbocycles. The van der Waals surface area contributed by atoms with Gasteiger partial charge in [0.05, 0.1) is 12.0 Å². The first-order valence-corrected chi connectivity index (χ1v) is 8.74. The highest BCUT2D eigenvalue weighted by molar-refractivity contribution is 5.73. The van der Waals surface area contributed by atoms with Crippen molar-refractivity contribution < 1.29 is 0 Å². The first-order chi connectivity index (χ1) is 12.3. The molecule has 0 aliphatic rings. The first-order valence-electron chi connectivity index (χ1n) is 8.74. The molecule has 1 aromatic carbocycles. The number of hydrogen-bond acceptors (Lipinski definition) is 3. The minimum absolute atomic E-state index is 0.168. The van der Waals surface area contributed by atoms with Crippen LogP contribution < -0.4 is 11.2 Å². The predicted molar refractivity (Wildman–Crippen MR) is 104 cm³/mol. The summed E-state index contributed by atoms with van der Waals surface area (Å²) in [5, 5.41) is 0. The van der Waals surface area contributed by atoms with Gasteiger partial charge in [0.1, 0.15) is 0 Å². The fourth-order valence-electron chi connectivity index (χ4n) is 3.26. The number of hydrogen-bond donors (Lipinski definition) is 0. The second-order valence-corrected chi connectivity index (χ2v) is 7.08. The molecule has 0 aliphatic carbocycles. The van der Waals surface area contributed by atoms with E-state index in [2.05, 4.69) is 11.6 Å². The first kappa shape index (κ1) is 17.9. The van der Waals surface area contributed by atoms with Gasteiger partial charge in [-0.1, -0.05) is 37.6 Å². The average Bonchev–Trinajstić information content (AvgIpc) is 2.97. The minimum Gasteiger partial charge on any atom is -0.321 e. The zero-order valence-electron chi connectivity index (χ0n) is 15.7. The highest BCUT2D eigenvalue weighted by atomic mass is 16.2. The molecule has 0 bridgehead atoms. The largest absolute Gasteiger partial charge is 0.337 e. The van der Waals surface area contributed by atoms with Gasteiger partial charge in [-0.2, -0.15) is 0 Å². The summed E-state index contributed by atoms with van der Waals surface area (Å²) in [6.45, 7) is 12.5. The molecule has 0 saturated heterocycles. The Hall–Kier alpha value is -2.89. The molecular weight excluding hydrogens is 328 g/mol. The lowest BCUT2D eigenvalue weighted by Gasteiger charge is -2.15. The molecule has 0 aliphatic heterocycles. The number of aromatic nitrogens is 4. The lowest BCUT2D eigenvalue weighted by molar-refractivity contribution is 0.489. The minimum atomic E-state index is -0.355.